The number of hydrogen-bond acceptors (Lipinski definition) is 7. The van der Waals surface area contributed by atoms with Crippen LogP contribution in [0.1, 0.15) is 38.4 Å². The molecular formula is C24H31N5O4. The highest BCUT2D eigenvalue weighted by Crippen LogP contribution is 2.28. The van der Waals surface area contributed by atoms with E-state index < -0.39 is 5.56 Å². The zero-order chi connectivity index (χ0) is 23.4. The molecule has 0 bridgehead atoms. The molecule has 1 saturated heterocycles. The number of aromatic nitrogens is 3. The molecule has 1 amide bonds. The van der Waals surface area contributed by atoms with Gasteiger partial charge >= 0.3 is 0 Å². The van der Waals surface area contributed by atoms with E-state index >= 15 is 0 Å². The SMILES string of the molecule is COc1ccc(-c2nn(CC(=O)NCCCN3CCCCC3C)c(=O)c3noc(C)c23)cc1. The second-order valence-corrected chi connectivity index (χ2v) is 8.59. The predicted octanol–water partition coefficient (Wildman–Crippen LogP) is 2.75. The van der Waals surface area contributed by atoms with Crippen molar-refractivity contribution in [3.8, 4) is 17.0 Å². The third-order valence-electron chi connectivity index (χ3n) is 6.30. The summed E-state index contributed by atoms with van der Waals surface area (Å²) in [7, 11) is 1.60. The number of nitrogens with one attached hydrogen (secondary N) is 1. The summed E-state index contributed by atoms with van der Waals surface area (Å²) in [6.07, 6.45) is 4.65. The molecule has 1 N–H and O–H groups in total. The number of benzene rings is 1. The van der Waals surface area contributed by atoms with Crippen molar-refractivity contribution in [2.75, 3.05) is 26.7 Å². The van der Waals surface area contributed by atoms with Crippen molar-refractivity contribution < 1.29 is 14.1 Å². The number of rotatable bonds is 8. The van der Waals surface area contributed by atoms with Gasteiger partial charge in [0.05, 0.1) is 12.5 Å². The number of nitrogens with zero attached hydrogens (tertiary/aromatic N) is 4. The summed E-state index contributed by atoms with van der Waals surface area (Å²) in [5.74, 6) is 0.962. The van der Waals surface area contributed by atoms with Crippen LogP contribution in [-0.2, 0) is 11.3 Å². The van der Waals surface area contributed by atoms with Crippen LogP contribution in [-0.4, -0.2) is 58.5 Å². The predicted molar refractivity (Wildman–Crippen MR) is 125 cm³/mol. The standard InChI is InChI=1S/C24H31N5O4/c1-16-7-4-5-13-28(16)14-6-12-25-20(30)15-29-24(31)23-21(17(2)33-27-23)22(26-29)18-8-10-19(32-3)11-9-18/h8-11,16H,4-7,12-15H2,1-3H3,(H,25,30). The lowest BCUT2D eigenvalue weighted by atomic mass is 10.0. The van der Waals surface area contributed by atoms with Crippen LogP contribution in [0.5, 0.6) is 5.75 Å². The molecular weight excluding hydrogens is 422 g/mol. The number of likely N-dealkylation sites (tertiary alicyclic amines) is 1. The first-order valence-corrected chi connectivity index (χ1v) is 11.5. The van der Waals surface area contributed by atoms with Crippen LogP contribution < -0.4 is 15.6 Å². The Hall–Kier alpha value is -3.20. The Bertz CT molecular complexity index is 1170. The number of carbonyl (C=O) groups excluding carboxylic acids is 1. The summed E-state index contributed by atoms with van der Waals surface area (Å²) in [5, 5.41) is 11.9. The molecule has 1 atom stereocenters. The van der Waals surface area contributed by atoms with Crippen molar-refractivity contribution in [1.29, 1.82) is 0 Å². The molecule has 0 saturated carbocycles. The number of hydrogen-bond donors (Lipinski definition) is 1. The van der Waals surface area contributed by atoms with Crippen molar-refractivity contribution in [1.82, 2.24) is 25.2 Å². The highest BCUT2D eigenvalue weighted by Gasteiger charge is 2.20. The first-order valence-electron chi connectivity index (χ1n) is 11.5. The first kappa shape index (κ1) is 23.0. The second-order valence-electron chi connectivity index (χ2n) is 8.59. The molecule has 2 aromatic heterocycles. The maximum Gasteiger partial charge on any atom is 0.297 e. The maximum atomic E-state index is 12.9. The third kappa shape index (κ3) is 5.08. The molecule has 0 spiro atoms. The summed E-state index contributed by atoms with van der Waals surface area (Å²) in [5.41, 5.74) is 1.03. The molecule has 3 heterocycles. The molecule has 33 heavy (non-hydrogen) atoms. The van der Waals surface area contributed by atoms with Gasteiger partial charge in [-0.25, -0.2) is 4.68 Å². The second kappa shape index (κ2) is 10.2. The zero-order valence-corrected chi connectivity index (χ0v) is 19.5. The van der Waals surface area contributed by atoms with Gasteiger partial charge in [-0.1, -0.05) is 11.6 Å². The van der Waals surface area contributed by atoms with Crippen molar-refractivity contribution in [2.24, 2.45) is 0 Å². The van der Waals surface area contributed by atoms with Gasteiger partial charge in [-0.3, -0.25) is 9.59 Å². The summed E-state index contributed by atoms with van der Waals surface area (Å²) in [6.45, 7) is 6.48. The van der Waals surface area contributed by atoms with Gasteiger partial charge in [0.1, 0.15) is 23.7 Å². The van der Waals surface area contributed by atoms with E-state index in [0.29, 0.717) is 35.2 Å². The topological polar surface area (TPSA) is 102 Å². The monoisotopic (exact) mass is 453 g/mol. The van der Waals surface area contributed by atoms with Crippen molar-refractivity contribution in [2.45, 2.75) is 52.1 Å². The fourth-order valence-electron chi connectivity index (χ4n) is 4.39. The fourth-order valence-corrected chi connectivity index (χ4v) is 4.39. The minimum absolute atomic E-state index is 0.167. The van der Waals surface area contributed by atoms with Crippen molar-refractivity contribution in [3.63, 3.8) is 0 Å². The van der Waals surface area contributed by atoms with E-state index in [0.717, 1.165) is 29.8 Å². The highest BCUT2D eigenvalue weighted by atomic mass is 16.5. The Morgan fingerprint density at radius 3 is 2.79 bits per heavy atom. The average molecular weight is 454 g/mol. The normalized spacial score (nSPS) is 16.8. The molecule has 0 aliphatic carbocycles. The van der Waals surface area contributed by atoms with Gasteiger partial charge in [-0.15, -0.1) is 0 Å². The molecule has 3 aromatic rings. The van der Waals surface area contributed by atoms with Gasteiger partial charge in [0.25, 0.3) is 5.56 Å². The number of piperidine rings is 1. The molecule has 9 heteroatoms. The molecule has 9 nitrogen and oxygen atoms in total. The Morgan fingerprint density at radius 1 is 1.27 bits per heavy atom. The van der Waals surface area contributed by atoms with Gasteiger partial charge in [-0.05, 0) is 63.9 Å². The third-order valence-corrected chi connectivity index (χ3v) is 6.30. The van der Waals surface area contributed by atoms with Crippen molar-refractivity contribution >= 4 is 16.8 Å². The molecule has 1 fully saturated rings. The highest BCUT2D eigenvalue weighted by molar-refractivity contribution is 5.93. The Labute approximate surface area is 192 Å². The van der Waals surface area contributed by atoms with E-state index in [-0.39, 0.29) is 18.0 Å². The first-order chi connectivity index (χ1) is 16.0. The summed E-state index contributed by atoms with van der Waals surface area (Å²) in [6, 6.07) is 7.94. The van der Waals surface area contributed by atoms with Gasteiger partial charge < -0.3 is 19.5 Å². The van der Waals surface area contributed by atoms with Gasteiger partial charge in [0.15, 0.2) is 5.52 Å². The molecule has 1 unspecified atom stereocenters. The number of carbonyl (C=O) groups is 1. The van der Waals surface area contributed by atoms with Gasteiger partial charge in [0, 0.05) is 24.7 Å². The quantitative estimate of drug-likeness (QED) is 0.523. The number of aryl methyl sites for hydroxylation is 1. The van der Waals surface area contributed by atoms with Crippen LogP contribution in [0, 0.1) is 6.92 Å². The minimum Gasteiger partial charge on any atom is -0.497 e. The van der Waals surface area contributed by atoms with E-state index in [4.69, 9.17) is 9.26 Å². The summed E-state index contributed by atoms with van der Waals surface area (Å²) < 4.78 is 11.7. The molecule has 0 radical (unpaired) electrons. The molecule has 4 rings (SSSR count). The van der Waals surface area contributed by atoms with E-state index in [1.807, 2.05) is 24.3 Å². The van der Waals surface area contributed by atoms with Crippen LogP contribution in [0.3, 0.4) is 0 Å². The van der Waals surface area contributed by atoms with Crippen LogP contribution in [0.25, 0.3) is 22.2 Å². The largest absolute Gasteiger partial charge is 0.497 e. The van der Waals surface area contributed by atoms with E-state index in [9.17, 15) is 9.59 Å². The number of amides is 1. The minimum atomic E-state index is -0.448. The zero-order valence-electron chi connectivity index (χ0n) is 19.5. The lowest BCUT2D eigenvalue weighted by Gasteiger charge is -2.33. The van der Waals surface area contributed by atoms with Crippen molar-refractivity contribution in [3.05, 3.63) is 40.4 Å². The maximum absolute atomic E-state index is 12.9. The lowest BCUT2D eigenvalue weighted by Crippen LogP contribution is -2.40. The van der Waals surface area contributed by atoms with E-state index in [1.54, 1.807) is 14.0 Å². The van der Waals surface area contributed by atoms with E-state index in [2.05, 4.69) is 27.4 Å². The fraction of sp³-hybridized carbons (Fsp3) is 0.500. The van der Waals surface area contributed by atoms with Crippen LogP contribution in [0.15, 0.2) is 33.6 Å². The molecule has 1 aliphatic rings. The average Bonchev–Trinajstić information content (AvgIpc) is 3.21. The summed E-state index contributed by atoms with van der Waals surface area (Å²) in [4.78, 5) is 27.9. The Kier molecular flexibility index (Phi) is 7.08. The van der Waals surface area contributed by atoms with E-state index in [1.165, 1.54) is 19.3 Å². The van der Waals surface area contributed by atoms with Crippen LogP contribution in [0.4, 0.5) is 0 Å². The van der Waals surface area contributed by atoms with Gasteiger partial charge in [-0.2, -0.15) is 5.10 Å². The number of methoxy groups -OCH3 is 1. The van der Waals surface area contributed by atoms with Crippen LogP contribution >= 0.6 is 0 Å². The molecule has 1 aliphatic heterocycles. The smallest absolute Gasteiger partial charge is 0.297 e. The molecule has 176 valence electrons. The van der Waals surface area contributed by atoms with Gasteiger partial charge in [0.2, 0.25) is 5.91 Å². The molecule has 1 aromatic carbocycles. The number of fused-ring (bicyclic) bond motifs is 1. The van der Waals surface area contributed by atoms with Crippen LogP contribution in [0.2, 0.25) is 0 Å². The lowest BCUT2D eigenvalue weighted by molar-refractivity contribution is -0.121. The number of ether oxygens (including phenoxy) is 1. The Balaban J connectivity index is 1.47. The summed E-state index contributed by atoms with van der Waals surface area (Å²) >= 11 is 0. The Morgan fingerprint density at radius 2 is 2.06 bits per heavy atom.